The van der Waals surface area contributed by atoms with E-state index in [4.69, 9.17) is 16.3 Å². The van der Waals surface area contributed by atoms with Gasteiger partial charge in [-0.1, -0.05) is 13.8 Å². The van der Waals surface area contributed by atoms with Crippen molar-refractivity contribution in [3.63, 3.8) is 0 Å². The van der Waals surface area contributed by atoms with Gasteiger partial charge in [-0.25, -0.2) is 9.97 Å². The number of nitrogens with zero attached hydrogens (tertiary/aromatic N) is 3. The number of amides is 1. The van der Waals surface area contributed by atoms with E-state index in [-0.39, 0.29) is 11.2 Å². The molecule has 0 saturated heterocycles. The Kier molecular flexibility index (Phi) is 4.70. The van der Waals surface area contributed by atoms with Crippen LogP contribution in [-0.4, -0.2) is 32.4 Å². The zero-order valence-electron chi connectivity index (χ0n) is 16.9. The molecule has 5 rings (SSSR count). The zero-order chi connectivity index (χ0) is 20.8. The Hall–Kier alpha value is -2.93. The lowest BCUT2D eigenvalue weighted by Crippen LogP contribution is -2.32. The first-order valence-corrected chi connectivity index (χ1v) is 10.7. The van der Waals surface area contributed by atoms with Crippen LogP contribution in [0.5, 0.6) is 11.8 Å². The molecule has 0 aromatic carbocycles. The second-order valence-electron chi connectivity index (χ2n) is 7.56. The van der Waals surface area contributed by atoms with E-state index < -0.39 is 0 Å². The number of carbonyl (C=O) groups excluding carboxylic acids is 1. The molecule has 0 fully saturated rings. The molecule has 3 aromatic heterocycles. The lowest BCUT2D eigenvalue weighted by molar-refractivity contribution is 0.0945. The molecule has 8 heteroatoms. The number of aromatic nitrogens is 4. The van der Waals surface area contributed by atoms with Gasteiger partial charge in [0.25, 0.3) is 5.91 Å². The average Bonchev–Trinajstić information content (AvgIpc) is 3.14. The lowest BCUT2D eigenvalue weighted by atomic mass is 9.85. The van der Waals surface area contributed by atoms with E-state index in [0.29, 0.717) is 18.3 Å². The average molecular weight is 424 g/mol. The molecule has 154 valence electrons. The van der Waals surface area contributed by atoms with Crippen molar-refractivity contribution in [2.24, 2.45) is 0 Å². The molecule has 0 saturated carbocycles. The number of ether oxygens (including phenoxy) is 1. The number of hydrogen-bond acceptors (Lipinski definition) is 5. The summed E-state index contributed by atoms with van der Waals surface area (Å²) in [7, 11) is 0. The molecule has 0 atom stereocenters. The fourth-order valence-electron chi connectivity index (χ4n) is 4.46. The number of aromatic amines is 1. The highest BCUT2D eigenvalue weighted by molar-refractivity contribution is 6.28. The molecular weight excluding hydrogens is 402 g/mol. The van der Waals surface area contributed by atoms with E-state index in [2.05, 4.69) is 32.2 Å². The highest BCUT2D eigenvalue weighted by atomic mass is 35.5. The first kappa shape index (κ1) is 19.1. The standard InChI is InChI=1S/C22H22ClN5O2/c1-3-11-9-26-22(23)28-20(11)30-21-13(4-2)16-12(10-25-21)5-6-14-17-15(27-18(14)16)7-8-24-19(17)29/h9-10,27H,3-8H2,1-2H3,(H,24,29). The van der Waals surface area contributed by atoms with Crippen LogP contribution in [0.3, 0.4) is 0 Å². The maximum atomic E-state index is 12.5. The smallest absolute Gasteiger partial charge is 0.253 e. The summed E-state index contributed by atoms with van der Waals surface area (Å²) in [6.45, 7) is 4.76. The molecular formula is C22H22ClN5O2. The Labute approximate surface area is 179 Å². The van der Waals surface area contributed by atoms with E-state index in [0.717, 1.165) is 71.3 Å². The van der Waals surface area contributed by atoms with Gasteiger partial charge in [0.15, 0.2) is 0 Å². The molecule has 1 amide bonds. The van der Waals surface area contributed by atoms with Gasteiger partial charge in [0.1, 0.15) is 0 Å². The quantitative estimate of drug-likeness (QED) is 0.622. The number of pyridine rings is 1. The maximum Gasteiger partial charge on any atom is 0.253 e. The van der Waals surface area contributed by atoms with Gasteiger partial charge in [0.05, 0.1) is 11.3 Å². The Morgan fingerprint density at radius 2 is 1.93 bits per heavy atom. The number of rotatable bonds is 4. The summed E-state index contributed by atoms with van der Waals surface area (Å²) in [5.74, 6) is 0.968. The molecule has 0 radical (unpaired) electrons. The van der Waals surface area contributed by atoms with Crippen LogP contribution in [0.1, 0.15) is 52.2 Å². The van der Waals surface area contributed by atoms with Gasteiger partial charge < -0.3 is 15.0 Å². The van der Waals surface area contributed by atoms with Crippen molar-refractivity contribution < 1.29 is 9.53 Å². The van der Waals surface area contributed by atoms with Crippen molar-refractivity contribution in [1.82, 2.24) is 25.3 Å². The molecule has 2 aliphatic rings. The minimum atomic E-state index is 0.0176. The van der Waals surface area contributed by atoms with Crippen LogP contribution in [0.4, 0.5) is 0 Å². The van der Waals surface area contributed by atoms with E-state index >= 15 is 0 Å². The van der Waals surface area contributed by atoms with Gasteiger partial charge in [-0.15, -0.1) is 0 Å². The molecule has 4 heterocycles. The lowest BCUT2D eigenvalue weighted by Gasteiger charge is -2.22. The van der Waals surface area contributed by atoms with Crippen LogP contribution in [0, 0.1) is 0 Å². The van der Waals surface area contributed by atoms with Crippen LogP contribution >= 0.6 is 11.6 Å². The summed E-state index contributed by atoms with van der Waals surface area (Å²) in [6.07, 6.45) is 7.51. The van der Waals surface area contributed by atoms with Crippen LogP contribution in [-0.2, 0) is 32.1 Å². The van der Waals surface area contributed by atoms with Gasteiger partial charge in [0, 0.05) is 47.7 Å². The summed E-state index contributed by atoms with van der Waals surface area (Å²) in [5, 5.41) is 3.11. The van der Waals surface area contributed by atoms with E-state index in [1.807, 2.05) is 13.1 Å². The Bertz CT molecular complexity index is 1170. The molecule has 30 heavy (non-hydrogen) atoms. The Balaban J connectivity index is 1.65. The van der Waals surface area contributed by atoms with Crippen molar-refractivity contribution in [1.29, 1.82) is 0 Å². The van der Waals surface area contributed by atoms with Gasteiger partial charge in [-0.05, 0) is 48.4 Å². The van der Waals surface area contributed by atoms with Crippen LogP contribution < -0.4 is 10.1 Å². The first-order valence-electron chi connectivity index (χ1n) is 10.3. The predicted octanol–water partition coefficient (Wildman–Crippen LogP) is 3.82. The largest absolute Gasteiger partial charge is 0.420 e. The van der Waals surface area contributed by atoms with Crippen molar-refractivity contribution in [2.75, 3.05) is 6.54 Å². The highest BCUT2D eigenvalue weighted by Gasteiger charge is 2.31. The van der Waals surface area contributed by atoms with Gasteiger partial charge >= 0.3 is 0 Å². The van der Waals surface area contributed by atoms with Crippen LogP contribution in [0.25, 0.3) is 11.3 Å². The Morgan fingerprint density at radius 1 is 1.07 bits per heavy atom. The van der Waals surface area contributed by atoms with Crippen molar-refractivity contribution in [2.45, 2.75) is 46.0 Å². The predicted molar refractivity (Wildman–Crippen MR) is 113 cm³/mol. The molecule has 2 N–H and O–H groups in total. The van der Waals surface area contributed by atoms with Crippen molar-refractivity contribution in [3.8, 4) is 23.0 Å². The first-order chi connectivity index (χ1) is 14.6. The second-order valence-corrected chi connectivity index (χ2v) is 7.90. The molecule has 1 aliphatic heterocycles. The molecule has 7 nitrogen and oxygen atoms in total. The van der Waals surface area contributed by atoms with Gasteiger partial charge in [0.2, 0.25) is 17.0 Å². The third-order valence-electron chi connectivity index (χ3n) is 5.91. The minimum Gasteiger partial charge on any atom is -0.420 e. The number of carbonyl (C=O) groups is 1. The molecule has 0 unspecified atom stereocenters. The Morgan fingerprint density at radius 3 is 2.73 bits per heavy atom. The maximum absolute atomic E-state index is 12.5. The zero-order valence-corrected chi connectivity index (χ0v) is 17.7. The number of aryl methyl sites for hydroxylation is 2. The summed E-state index contributed by atoms with van der Waals surface area (Å²) >= 11 is 6.00. The number of fused-ring (bicyclic) bond motifs is 5. The molecule has 1 aliphatic carbocycles. The minimum absolute atomic E-state index is 0.0176. The monoisotopic (exact) mass is 423 g/mol. The third kappa shape index (κ3) is 2.96. The summed E-state index contributed by atoms with van der Waals surface area (Å²) in [6, 6.07) is 0. The number of nitrogens with one attached hydrogen (secondary N) is 2. The fraction of sp³-hybridized carbons (Fsp3) is 0.364. The topological polar surface area (TPSA) is 92.8 Å². The summed E-state index contributed by atoms with van der Waals surface area (Å²) in [5.41, 5.74) is 8.11. The van der Waals surface area contributed by atoms with Crippen molar-refractivity contribution >= 4 is 17.5 Å². The molecule has 3 aromatic rings. The summed E-state index contributed by atoms with van der Waals surface area (Å²) < 4.78 is 6.17. The van der Waals surface area contributed by atoms with Gasteiger partial charge in [-0.2, -0.15) is 4.98 Å². The number of hydrogen-bond donors (Lipinski definition) is 2. The summed E-state index contributed by atoms with van der Waals surface area (Å²) in [4.78, 5) is 29.0. The van der Waals surface area contributed by atoms with E-state index in [9.17, 15) is 4.79 Å². The van der Waals surface area contributed by atoms with Gasteiger partial charge in [-0.3, -0.25) is 4.79 Å². The highest BCUT2D eigenvalue weighted by Crippen LogP contribution is 2.42. The van der Waals surface area contributed by atoms with Crippen LogP contribution in [0.2, 0.25) is 5.28 Å². The SMILES string of the molecule is CCc1cnc(Cl)nc1Oc1ncc2c(c1CC)-c1[nH]c3c(c1CC2)C(=O)NCC3. The third-order valence-corrected chi connectivity index (χ3v) is 6.09. The molecule has 0 spiro atoms. The van der Waals surface area contributed by atoms with E-state index in [1.165, 1.54) is 5.56 Å². The normalized spacial score (nSPS) is 14.6. The van der Waals surface area contributed by atoms with Crippen molar-refractivity contribution in [3.05, 3.63) is 51.2 Å². The number of H-pyrrole nitrogens is 1. The number of halogens is 1. The fourth-order valence-corrected chi connectivity index (χ4v) is 4.59. The van der Waals surface area contributed by atoms with E-state index in [1.54, 1.807) is 6.20 Å². The van der Waals surface area contributed by atoms with Crippen LogP contribution in [0.15, 0.2) is 12.4 Å². The second kappa shape index (κ2) is 7.40. The molecule has 0 bridgehead atoms.